The molecule has 2 fully saturated rings. The van der Waals surface area contributed by atoms with Crippen molar-refractivity contribution in [2.24, 2.45) is 0 Å². The van der Waals surface area contributed by atoms with Crippen LogP contribution in [0.5, 0.6) is 0 Å². The number of carbonyl (C=O) groups excluding carboxylic acids is 1. The second kappa shape index (κ2) is 6.88. The normalized spacial score (nSPS) is 18.9. The van der Waals surface area contributed by atoms with Gasteiger partial charge in [0.1, 0.15) is 5.82 Å². The number of amides is 1. The summed E-state index contributed by atoms with van der Waals surface area (Å²) in [6.07, 6.45) is 4.68. The highest BCUT2D eigenvalue weighted by atomic mass is 19.1. The number of nitrogens with zero attached hydrogens (tertiary/aromatic N) is 2. The van der Waals surface area contributed by atoms with E-state index in [1.54, 1.807) is 12.1 Å². The van der Waals surface area contributed by atoms with Crippen LogP contribution in [0.4, 0.5) is 4.39 Å². The first-order chi connectivity index (χ1) is 12.5. The molecule has 138 valence electrons. The highest BCUT2D eigenvalue weighted by Crippen LogP contribution is 2.29. The van der Waals surface area contributed by atoms with E-state index >= 15 is 0 Å². The van der Waals surface area contributed by atoms with Crippen molar-refractivity contribution < 1.29 is 9.18 Å². The minimum Gasteiger partial charge on any atom is -0.349 e. The first kappa shape index (κ1) is 17.3. The lowest BCUT2D eigenvalue weighted by molar-refractivity contribution is 0.0908. The van der Waals surface area contributed by atoms with Gasteiger partial charge in [-0.05, 0) is 57.7 Å². The van der Waals surface area contributed by atoms with E-state index in [-0.39, 0.29) is 17.8 Å². The Morgan fingerprint density at radius 1 is 1.12 bits per heavy atom. The second-order valence-electron chi connectivity index (χ2n) is 7.59. The zero-order valence-corrected chi connectivity index (χ0v) is 15.5. The maximum Gasteiger partial charge on any atom is 0.253 e. The minimum absolute atomic E-state index is 0.0504. The Morgan fingerprint density at radius 2 is 1.81 bits per heavy atom. The molecule has 2 aliphatic rings. The maximum absolute atomic E-state index is 14.2. The molecule has 1 amide bonds. The van der Waals surface area contributed by atoms with Crippen LogP contribution in [0.3, 0.4) is 0 Å². The summed E-state index contributed by atoms with van der Waals surface area (Å²) in [5.74, 6) is -0.334. The van der Waals surface area contributed by atoms with E-state index in [2.05, 4.69) is 10.2 Å². The molecule has 0 spiro atoms. The van der Waals surface area contributed by atoms with E-state index in [0.29, 0.717) is 11.3 Å². The number of aromatic nitrogens is 1. The summed E-state index contributed by atoms with van der Waals surface area (Å²) in [6, 6.07) is 9.56. The molecule has 1 aromatic carbocycles. The molecule has 1 saturated heterocycles. The summed E-state index contributed by atoms with van der Waals surface area (Å²) >= 11 is 0. The molecule has 2 heterocycles. The lowest BCUT2D eigenvalue weighted by Crippen LogP contribution is -2.45. The Morgan fingerprint density at radius 3 is 2.46 bits per heavy atom. The molecule has 26 heavy (non-hydrogen) atoms. The van der Waals surface area contributed by atoms with E-state index in [9.17, 15) is 9.18 Å². The molecule has 1 aromatic heterocycles. The smallest absolute Gasteiger partial charge is 0.253 e. The van der Waals surface area contributed by atoms with Gasteiger partial charge in [0.05, 0.1) is 11.3 Å². The van der Waals surface area contributed by atoms with Gasteiger partial charge in [0, 0.05) is 36.6 Å². The van der Waals surface area contributed by atoms with Crippen LogP contribution in [0, 0.1) is 19.7 Å². The van der Waals surface area contributed by atoms with E-state index in [1.807, 2.05) is 30.5 Å². The van der Waals surface area contributed by atoms with Gasteiger partial charge in [-0.2, -0.15) is 0 Å². The number of hydrogen-bond acceptors (Lipinski definition) is 2. The van der Waals surface area contributed by atoms with Gasteiger partial charge >= 0.3 is 0 Å². The summed E-state index contributed by atoms with van der Waals surface area (Å²) in [4.78, 5) is 15.4. The van der Waals surface area contributed by atoms with E-state index in [4.69, 9.17) is 0 Å². The lowest BCUT2D eigenvalue weighted by Gasteiger charge is -2.32. The zero-order valence-electron chi connectivity index (χ0n) is 15.5. The number of para-hydroxylation sites is 1. The lowest BCUT2D eigenvalue weighted by atomic mass is 10.0. The summed E-state index contributed by atoms with van der Waals surface area (Å²) in [5, 5.41) is 3.19. The molecule has 0 bridgehead atoms. The van der Waals surface area contributed by atoms with Gasteiger partial charge in [-0.15, -0.1) is 0 Å². The Kier molecular flexibility index (Phi) is 4.57. The van der Waals surface area contributed by atoms with Gasteiger partial charge in [-0.1, -0.05) is 12.1 Å². The third kappa shape index (κ3) is 3.28. The quantitative estimate of drug-likeness (QED) is 0.910. The molecule has 1 saturated carbocycles. The van der Waals surface area contributed by atoms with Crippen molar-refractivity contribution in [2.45, 2.75) is 51.6 Å². The minimum atomic E-state index is -0.284. The molecule has 4 nitrogen and oxygen atoms in total. The average molecular weight is 355 g/mol. The Labute approximate surface area is 154 Å². The van der Waals surface area contributed by atoms with Gasteiger partial charge in [0.15, 0.2) is 0 Å². The van der Waals surface area contributed by atoms with Crippen LogP contribution >= 0.6 is 0 Å². The van der Waals surface area contributed by atoms with Crippen molar-refractivity contribution in [3.63, 3.8) is 0 Å². The number of benzene rings is 1. The zero-order chi connectivity index (χ0) is 18.3. The second-order valence-corrected chi connectivity index (χ2v) is 7.59. The molecule has 5 heteroatoms. The summed E-state index contributed by atoms with van der Waals surface area (Å²) in [7, 11) is 0. The number of aryl methyl sites for hydroxylation is 1. The van der Waals surface area contributed by atoms with Crippen molar-refractivity contribution in [3.8, 4) is 5.69 Å². The fraction of sp³-hybridized carbons (Fsp3) is 0.476. The Balaban J connectivity index is 1.48. The van der Waals surface area contributed by atoms with Crippen molar-refractivity contribution in [1.82, 2.24) is 14.8 Å². The van der Waals surface area contributed by atoms with Crippen LogP contribution in [-0.4, -0.2) is 40.5 Å². The van der Waals surface area contributed by atoms with Crippen LogP contribution in [0.25, 0.3) is 5.69 Å². The van der Waals surface area contributed by atoms with Gasteiger partial charge in [0.25, 0.3) is 5.91 Å². The molecule has 2 aromatic rings. The topological polar surface area (TPSA) is 37.3 Å². The SMILES string of the molecule is Cc1cc(C(=O)NC2CCN(C3CC3)CC2)c(C)n1-c1ccccc1F. The van der Waals surface area contributed by atoms with Crippen molar-refractivity contribution in [1.29, 1.82) is 0 Å². The number of halogens is 1. The monoisotopic (exact) mass is 355 g/mol. The fourth-order valence-corrected chi connectivity index (χ4v) is 4.11. The number of nitrogens with one attached hydrogen (secondary N) is 1. The summed E-state index contributed by atoms with van der Waals surface area (Å²) in [5.41, 5.74) is 2.76. The van der Waals surface area contributed by atoms with Crippen molar-refractivity contribution >= 4 is 5.91 Å². The molecule has 1 N–H and O–H groups in total. The van der Waals surface area contributed by atoms with Gasteiger partial charge in [0.2, 0.25) is 0 Å². The fourth-order valence-electron chi connectivity index (χ4n) is 4.11. The van der Waals surface area contributed by atoms with Crippen molar-refractivity contribution in [2.75, 3.05) is 13.1 Å². The molecule has 0 atom stereocenters. The molecule has 4 rings (SSSR count). The van der Waals surface area contributed by atoms with Crippen molar-refractivity contribution in [3.05, 3.63) is 53.1 Å². The highest BCUT2D eigenvalue weighted by molar-refractivity contribution is 5.96. The van der Waals surface area contributed by atoms with Crippen LogP contribution in [0.2, 0.25) is 0 Å². The van der Waals surface area contributed by atoms with Crippen LogP contribution in [-0.2, 0) is 0 Å². The first-order valence-electron chi connectivity index (χ1n) is 9.53. The molecule has 1 aliphatic carbocycles. The summed E-state index contributed by atoms with van der Waals surface area (Å²) in [6.45, 7) is 5.93. The van der Waals surface area contributed by atoms with Crippen LogP contribution in [0.15, 0.2) is 30.3 Å². The van der Waals surface area contributed by atoms with Gasteiger partial charge in [-0.3, -0.25) is 4.79 Å². The number of rotatable bonds is 4. The third-order valence-electron chi connectivity index (χ3n) is 5.70. The predicted molar refractivity (Wildman–Crippen MR) is 100 cm³/mol. The molecule has 0 unspecified atom stereocenters. The van der Waals surface area contributed by atoms with Crippen LogP contribution in [0.1, 0.15) is 47.4 Å². The number of likely N-dealkylation sites (tertiary alicyclic amines) is 1. The van der Waals surface area contributed by atoms with E-state index in [0.717, 1.165) is 43.4 Å². The largest absolute Gasteiger partial charge is 0.349 e. The van der Waals surface area contributed by atoms with Gasteiger partial charge < -0.3 is 14.8 Å². The Hall–Kier alpha value is -2.14. The number of hydrogen-bond donors (Lipinski definition) is 1. The van der Waals surface area contributed by atoms with Gasteiger partial charge in [-0.25, -0.2) is 4.39 Å². The third-order valence-corrected chi connectivity index (χ3v) is 5.70. The Bertz CT molecular complexity index is 817. The molecular weight excluding hydrogens is 329 g/mol. The van der Waals surface area contributed by atoms with E-state index in [1.165, 1.54) is 18.9 Å². The summed E-state index contributed by atoms with van der Waals surface area (Å²) < 4.78 is 16.0. The molecule has 1 aliphatic heterocycles. The van der Waals surface area contributed by atoms with Crippen LogP contribution < -0.4 is 5.32 Å². The molecular formula is C21H26FN3O. The first-order valence-corrected chi connectivity index (χ1v) is 9.53. The highest BCUT2D eigenvalue weighted by Gasteiger charge is 2.32. The van der Waals surface area contributed by atoms with E-state index < -0.39 is 0 Å². The number of piperidine rings is 1. The standard InChI is InChI=1S/C21H26FN3O/c1-14-13-18(15(2)25(14)20-6-4-3-5-19(20)22)21(26)23-16-9-11-24(12-10-16)17-7-8-17/h3-6,13,16-17H,7-12H2,1-2H3,(H,23,26). The average Bonchev–Trinajstić information content (AvgIpc) is 3.43. The maximum atomic E-state index is 14.2. The molecule has 0 radical (unpaired) electrons. The predicted octanol–water partition coefficient (Wildman–Crippen LogP) is 3.59. The number of carbonyl (C=O) groups is 1.